The fourth-order valence-electron chi connectivity index (χ4n) is 1.15. The summed E-state index contributed by atoms with van der Waals surface area (Å²) in [5.74, 6) is -0.552. The molecule has 1 atom stereocenters. The Kier molecular flexibility index (Phi) is 5.79. The van der Waals surface area contributed by atoms with Crippen LogP contribution in [0.3, 0.4) is 0 Å². The van der Waals surface area contributed by atoms with E-state index in [1.54, 1.807) is 27.7 Å². The second-order valence-electron chi connectivity index (χ2n) is 4.32. The van der Waals surface area contributed by atoms with Gasteiger partial charge in [0.1, 0.15) is 6.54 Å². The lowest BCUT2D eigenvalue weighted by atomic mass is 10.1. The van der Waals surface area contributed by atoms with E-state index in [9.17, 15) is 18.0 Å². The van der Waals surface area contributed by atoms with Crippen LogP contribution in [0, 0.1) is 5.92 Å². The number of carbonyl (C=O) groups is 1. The number of hydrogen-bond acceptors (Lipinski definition) is 1. The minimum atomic E-state index is -4.36. The van der Waals surface area contributed by atoms with Gasteiger partial charge in [0.05, 0.1) is 4.83 Å². The molecule has 0 bridgehead atoms. The van der Waals surface area contributed by atoms with Gasteiger partial charge in [-0.25, -0.2) is 0 Å². The van der Waals surface area contributed by atoms with Crippen molar-refractivity contribution < 1.29 is 18.0 Å². The third-order valence-electron chi connectivity index (χ3n) is 2.08. The van der Waals surface area contributed by atoms with Crippen molar-refractivity contribution in [1.29, 1.82) is 0 Å². The molecule has 0 aromatic carbocycles. The molecular formula is C10H17BrF3NO. The SMILES string of the molecule is CC(C)C(Br)C(=O)N(CC(F)(F)F)C(C)C. The third kappa shape index (κ3) is 5.18. The van der Waals surface area contributed by atoms with Gasteiger partial charge in [0, 0.05) is 6.04 Å². The van der Waals surface area contributed by atoms with Gasteiger partial charge in [0.25, 0.3) is 0 Å². The van der Waals surface area contributed by atoms with Crippen LogP contribution < -0.4 is 0 Å². The number of rotatable bonds is 4. The van der Waals surface area contributed by atoms with E-state index in [4.69, 9.17) is 0 Å². The Balaban J connectivity index is 4.73. The zero-order chi connectivity index (χ0) is 13.1. The Hall–Kier alpha value is -0.260. The number of amides is 1. The average Bonchev–Trinajstić information content (AvgIpc) is 2.09. The van der Waals surface area contributed by atoms with Crippen LogP contribution in [-0.2, 0) is 4.79 Å². The molecule has 0 aliphatic carbocycles. The maximum absolute atomic E-state index is 12.3. The van der Waals surface area contributed by atoms with Crippen molar-refractivity contribution in [2.45, 2.75) is 44.7 Å². The summed E-state index contributed by atoms with van der Waals surface area (Å²) in [7, 11) is 0. The molecule has 2 nitrogen and oxygen atoms in total. The summed E-state index contributed by atoms with van der Waals surface area (Å²) in [6, 6.07) is -0.465. The van der Waals surface area contributed by atoms with Gasteiger partial charge in [-0.05, 0) is 19.8 Å². The minimum absolute atomic E-state index is 0.0398. The summed E-state index contributed by atoms with van der Waals surface area (Å²) in [6.45, 7) is 5.51. The molecule has 0 heterocycles. The van der Waals surface area contributed by atoms with E-state index in [0.717, 1.165) is 4.90 Å². The van der Waals surface area contributed by atoms with Crippen LogP contribution in [0.5, 0.6) is 0 Å². The first kappa shape index (κ1) is 15.7. The van der Waals surface area contributed by atoms with Crippen LogP contribution in [0.2, 0.25) is 0 Å². The summed E-state index contributed by atoms with van der Waals surface area (Å²) in [4.78, 5) is 12.1. The molecule has 0 aliphatic heterocycles. The fourth-order valence-corrected chi connectivity index (χ4v) is 1.41. The van der Waals surface area contributed by atoms with Crippen LogP contribution >= 0.6 is 15.9 Å². The van der Waals surface area contributed by atoms with Crippen molar-refractivity contribution in [1.82, 2.24) is 4.90 Å². The zero-order valence-corrected chi connectivity index (χ0v) is 11.4. The molecule has 96 valence electrons. The van der Waals surface area contributed by atoms with Crippen molar-refractivity contribution in [2.75, 3.05) is 6.54 Å². The highest BCUT2D eigenvalue weighted by atomic mass is 79.9. The van der Waals surface area contributed by atoms with Crippen molar-refractivity contribution in [2.24, 2.45) is 5.92 Å². The normalized spacial score (nSPS) is 14.4. The highest BCUT2D eigenvalue weighted by Gasteiger charge is 2.36. The lowest BCUT2D eigenvalue weighted by molar-refractivity contribution is -0.164. The predicted molar refractivity (Wildman–Crippen MR) is 60.5 cm³/mol. The molecule has 1 unspecified atom stereocenters. The fraction of sp³-hybridized carbons (Fsp3) is 0.900. The number of nitrogens with zero attached hydrogens (tertiary/aromatic N) is 1. The van der Waals surface area contributed by atoms with Crippen LogP contribution in [-0.4, -0.2) is 34.4 Å². The Morgan fingerprint density at radius 2 is 1.69 bits per heavy atom. The monoisotopic (exact) mass is 303 g/mol. The third-order valence-corrected chi connectivity index (χ3v) is 3.53. The first-order valence-electron chi connectivity index (χ1n) is 5.07. The first-order chi connectivity index (χ1) is 7.06. The average molecular weight is 304 g/mol. The predicted octanol–water partition coefficient (Wildman–Crippen LogP) is 3.21. The van der Waals surface area contributed by atoms with E-state index < -0.39 is 29.5 Å². The van der Waals surface area contributed by atoms with Crippen molar-refractivity contribution >= 4 is 21.8 Å². The van der Waals surface area contributed by atoms with E-state index in [1.165, 1.54) is 0 Å². The van der Waals surface area contributed by atoms with Crippen LogP contribution in [0.25, 0.3) is 0 Å². The van der Waals surface area contributed by atoms with Gasteiger partial charge in [0.15, 0.2) is 0 Å². The van der Waals surface area contributed by atoms with Crippen LogP contribution in [0.4, 0.5) is 13.2 Å². The number of carbonyl (C=O) groups excluding carboxylic acids is 1. The van der Waals surface area contributed by atoms with E-state index in [1.807, 2.05) is 0 Å². The Morgan fingerprint density at radius 3 is 1.94 bits per heavy atom. The highest BCUT2D eigenvalue weighted by Crippen LogP contribution is 2.22. The molecule has 1 amide bonds. The van der Waals surface area contributed by atoms with Crippen molar-refractivity contribution in [3.8, 4) is 0 Å². The lowest BCUT2D eigenvalue weighted by Crippen LogP contribution is -2.47. The Bertz CT molecular complexity index is 241. The van der Waals surface area contributed by atoms with Gasteiger partial charge in [-0.1, -0.05) is 29.8 Å². The molecule has 0 rings (SSSR count). The molecule has 0 fully saturated rings. The van der Waals surface area contributed by atoms with Crippen molar-refractivity contribution in [3.05, 3.63) is 0 Å². The number of hydrogen-bond donors (Lipinski definition) is 0. The van der Waals surface area contributed by atoms with Crippen LogP contribution in [0.1, 0.15) is 27.7 Å². The van der Waals surface area contributed by atoms with Gasteiger partial charge in [-0.3, -0.25) is 4.79 Å². The van der Waals surface area contributed by atoms with Gasteiger partial charge in [0.2, 0.25) is 5.91 Å². The zero-order valence-electron chi connectivity index (χ0n) is 9.81. The topological polar surface area (TPSA) is 20.3 Å². The molecule has 16 heavy (non-hydrogen) atoms. The van der Waals surface area contributed by atoms with Gasteiger partial charge in [-0.2, -0.15) is 13.2 Å². The standard InChI is InChI=1S/C10H17BrF3NO/c1-6(2)8(11)9(16)15(7(3)4)5-10(12,13)14/h6-8H,5H2,1-4H3. The molecule has 0 N–H and O–H groups in total. The molecule has 0 aromatic rings. The number of halogens is 4. The van der Waals surface area contributed by atoms with Gasteiger partial charge in [-0.15, -0.1) is 0 Å². The molecule has 0 saturated heterocycles. The summed E-state index contributed by atoms with van der Waals surface area (Å²) < 4.78 is 36.8. The molecule has 0 aliphatic rings. The lowest BCUT2D eigenvalue weighted by Gasteiger charge is -2.30. The second-order valence-corrected chi connectivity index (χ2v) is 5.31. The smallest absolute Gasteiger partial charge is 0.330 e. The number of alkyl halides is 4. The molecule has 0 radical (unpaired) electrons. The highest BCUT2D eigenvalue weighted by molar-refractivity contribution is 9.10. The van der Waals surface area contributed by atoms with E-state index >= 15 is 0 Å². The molecule has 0 aromatic heterocycles. The molecule has 6 heteroatoms. The largest absolute Gasteiger partial charge is 0.406 e. The second kappa shape index (κ2) is 5.89. The van der Waals surface area contributed by atoms with Gasteiger partial charge >= 0.3 is 6.18 Å². The summed E-state index contributed by atoms with van der Waals surface area (Å²) >= 11 is 3.13. The van der Waals surface area contributed by atoms with Gasteiger partial charge < -0.3 is 4.90 Å². The van der Waals surface area contributed by atoms with Crippen LogP contribution in [0.15, 0.2) is 0 Å². The molecular weight excluding hydrogens is 287 g/mol. The molecule has 0 spiro atoms. The minimum Gasteiger partial charge on any atom is -0.330 e. The molecule has 0 saturated carbocycles. The first-order valence-corrected chi connectivity index (χ1v) is 5.99. The Morgan fingerprint density at radius 1 is 1.25 bits per heavy atom. The van der Waals surface area contributed by atoms with Crippen molar-refractivity contribution in [3.63, 3.8) is 0 Å². The summed E-state index contributed by atoms with van der Waals surface area (Å²) in [6.07, 6.45) is -4.36. The quantitative estimate of drug-likeness (QED) is 0.730. The maximum Gasteiger partial charge on any atom is 0.406 e. The van der Waals surface area contributed by atoms with E-state index in [0.29, 0.717) is 0 Å². The Labute approximate surface area is 102 Å². The van der Waals surface area contributed by atoms with E-state index in [-0.39, 0.29) is 5.92 Å². The maximum atomic E-state index is 12.3. The summed E-state index contributed by atoms with van der Waals surface area (Å²) in [5, 5.41) is 0. The summed E-state index contributed by atoms with van der Waals surface area (Å²) in [5.41, 5.74) is 0. The van der Waals surface area contributed by atoms with E-state index in [2.05, 4.69) is 15.9 Å².